The normalized spacial score (nSPS) is 11.4. The zero-order valence-corrected chi connectivity index (χ0v) is 27.0. The van der Waals surface area contributed by atoms with Gasteiger partial charge in [0.1, 0.15) is 0 Å². The first-order valence-corrected chi connectivity index (χ1v) is 15.1. The van der Waals surface area contributed by atoms with E-state index in [0.717, 1.165) is 0 Å². The van der Waals surface area contributed by atoms with Crippen LogP contribution in [0.2, 0.25) is 0 Å². The van der Waals surface area contributed by atoms with Crippen molar-refractivity contribution in [2.45, 2.75) is 0 Å². The van der Waals surface area contributed by atoms with Crippen LogP contribution in [-0.2, 0) is 26.2 Å². The van der Waals surface area contributed by atoms with Crippen LogP contribution in [-0.4, -0.2) is 9.13 Å². The van der Waals surface area contributed by atoms with Crippen LogP contribution in [0.5, 0.6) is 0 Å². The van der Waals surface area contributed by atoms with E-state index in [9.17, 15) is 0 Å². The first kappa shape index (κ1) is 27.6. The van der Waals surface area contributed by atoms with Gasteiger partial charge in [-0.25, -0.2) is 0 Å². The Labute approximate surface area is 280 Å². The summed E-state index contributed by atoms with van der Waals surface area (Å²) in [7, 11) is 0. The van der Waals surface area contributed by atoms with E-state index in [1.807, 2.05) is 0 Å². The Morgan fingerprint density at radius 1 is 0.333 bits per heavy atom. The molecule has 0 fully saturated rings. The third kappa shape index (κ3) is 4.34. The summed E-state index contributed by atoms with van der Waals surface area (Å²) in [6.07, 6.45) is 0. The standard InChI is InChI=1S/2C21H14N.Zr/c2*1-2-9-16(10-3-1)22-20-13-7-6-12-18(20)19-14-15-8-4-5-11-17(15)21(19)22;/h2*1-14H;/q2*-1;+2. The van der Waals surface area contributed by atoms with E-state index >= 15 is 0 Å². The van der Waals surface area contributed by atoms with E-state index in [1.54, 1.807) is 0 Å². The molecule has 8 aromatic carbocycles. The summed E-state index contributed by atoms with van der Waals surface area (Å²) in [5.74, 6) is 0. The molecule has 10 aromatic rings. The Morgan fingerprint density at radius 3 is 1.09 bits per heavy atom. The van der Waals surface area contributed by atoms with Gasteiger partial charge in [-0.2, -0.15) is 0 Å². The molecule has 2 heterocycles. The maximum atomic E-state index is 2.38. The minimum absolute atomic E-state index is 0. The van der Waals surface area contributed by atoms with E-state index in [2.05, 4.69) is 179 Å². The maximum absolute atomic E-state index is 2.38. The molecule has 10 rings (SSSR count). The first-order valence-electron chi connectivity index (χ1n) is 15.1. The molecule has 0 aliphatic rings. The predicted octanol–water partition coefficient (Wildman–Crippen LogP) is 11.3. The molecule has 0 spiro atoms. The second-order valence-corrected chi connectivity index (χ2v) is 11.4. The van der Waals surface area contributed by atoms with E-state index in [-0.39, 0.29) is 26.2 Å². The van der Waals surface area contributed by atoms with Gasteiger partial charge in [0.15, 0.2) is 0 Å². The fourth-order valence-electron chi connectivity index (χ4n) is 7.03. The predicted molar refractivity (Wildman–Crippen MR) is 188 cm³/mol. The van der Waals surface area contributed by atoms with Gasteiger partial charge < -0.3 is 9.13 Å². The molecule has 210 valence electrons. The summed E-state index contributed by atoms with van der Waals surface area (Å²) >= 11 is 0. The molecular weight excluding hydrogens is 624 g/mol. The van der Waals surface area contributed by atoms with E-state index in [0.29, 0.717) is 0 Å². The zero-order valence-electron chi connectivity index (χ0n) is 24.6. The number of rotatable bonds is 2. The first-order chi connectivity index (χ1) is 21.9. The molecule has 0 bridgehead atoms. The Hall–Kier alpha value is -4.98. The Kier molecular flexibility index (Phi) is 6.85. The van der Waals surface area contributed by atoms with Gasteiger partial charge in [0.25, 0.3) is 0 Å². The summed E-state index contributed by atoms with van der Waals surface area (Å²) in [6.45, 7) is 0. The SMILES string of the molecule is [Zr+2].c1ccc(-n2c3ccccc3c3[cH-]c4ccccc4c32)cc1.c1ccc(-n2c3ccccc3c3[cH-]c4ccccc4c32)cc1. The summed E-state index contributed by atoms with van der Waals surface area (Å²) in [6, 6.07) is 60.4. The van der Waals surface area contributed by atoms with E-state index in [1.165, 1.54) is 76.5 Å². The molecule has 0 N–H and O–H groups in total. The molecule has 0 saturated heterocycles. The Balaban J connectivity index is 0.000000131. The maximum Gasteiger partial charge on any atom is 2.00 e. The van der Waals surface area contributed by atoms with Gasteiger partial charge in [0.2, 0.25) is 0 Å². The van der Waals surface area contributed by atoms with Crippen molar-refractivity contribution in [3.8, 4) is 11.4 Å². The van der Waals surface area contributed by atoms with Crippen molar-refractivity contribution in [1.29, 1.82) is 0 Å². The number of aromatic nitrogens is 2. The summed E-state index contributed by atoms with van der Waals surface area (Å²) in [4.78, 5) is 0. The summed E-state index contributed by atoms with van der Waals surface area (Å²) in [5.41, 5.74) is 7.58. The molecule has 0 aliphatic heterocycles. The van der Waals surface area contributed by atoms with Gasteiger partial charge in [-0.1, -0.05) is 142 Å². The Bertz CT molecular complexity index is 2400. The van der Waals surface area contributed by atoms with Crippen molar-refractivity contribution in [3.63, 3.8) is 0 Å². The number of hydrogen-bond donors (Lipinski definition) is 0. The Morgan fingerprint density at radius 2 is 0.667 bits per heavy atom. The smallest absolute Gasteiger partial charge is 0.355 e. The van der Waals surface area contributed by atoms with Crippen LogP contribution in [0, 0.1) is 0 Å². The molecule has 45 heavy (non-hydrogen) atoms. The monoisotopic (exact) mass is 650 g/mol. The average Bonchev–Trinajstić information content (AvgIpc) is 3.83. The van der Waals surface area contributed by atoms with Crippen LogP contribution >= 0.6 is 0 Å². The van der Waals surface area contributed by atoms with Crippen molar-refractivity contribution < 1.29 is 26.2 Å². The summed E-state index contributed by atoms with van der Waals surface area (Å²) < 4.78 is 4.76. The average molecular weight is 652 g/mol. The molecule has 0 radical (unpaired) electrons. The number of fused-ring (bicyclic) bond motifs is 10. The van der Waals surface area contributed by atoms with E-state index < -0.39 is 0 Å². The van der Waals surface area contributed by atoms with Crippen LogP contribution < -0.4 is 0 Å². The molecule has 0 saturated carbocycles. The van der Waals surface area contributed by atoms with Crippen molar-refractivity contribution in [3.05, 3.63) is 170 Å². The fourth-order valence-corrected chi connectivity index (χ4v) is 7.03. The molecule has 2 aromatic heterocycles. The third-order valence-electron chi connectivity index (χ3n) is 8.89. The van der Waals surface area contributed by atoms with Crippen molar-refractivity contribution >= 4 is 65.2 Å². The second kappa shape index (κ2) is 11.2. The molecule has 3 heteroatoms. The molecule has 0 atom stereocenters. The van der Waals surface area contributed by atoms with Crippen LogP contribution in [0.4, 0.5) is 0 Å². The van der Waals surface area contributed by atoms with Crippen molar-refractivity contribution in [2.24, 2.45) is 0 Å². The molecule has 0 aliphatic carbocycles. The largest absolute Gasteiger partial charge is 2.00 e. The van der Waals surface area contributed by atoms with Crippen molar-refractivity contribution in [1.82, 2.24) is 9.13 Å². The van der Waals surface area contributed by atoms with E-state index in [4.69, 9.17) is 0 Å². The van der Waals surface area contributed by atoms with Gasteiger partial charge in [-0.15, -0.1) is 35.0 Å². The van der Waals surface area contributed by atoms with Crippen LogP contribution in [0.25, 0.3) is 76.5 Å². The third-order valence-corrected chi connectivity index (χ3v) is 8.89. The summed E-state index contributed by atoms with van der Waals surface area (Å²) in [5, 5.41) is 10.6. The quantitative estimate of drug-likeness (QED) is 0.165. The van der Waals surface area contributed by atoms with Crippen LogP contribution in [0.15, 0.2) is 170 Å². The molecule has 2 nitrogen and oxygen atoms in total. The second-order valence-electron chi connectivity index (χ2n) is 11.4. The van der Waals surface area contributed by atoms with Gasteiger partial charge in [-0.05, 0) is 47.4 Å². The van der Waals surface area contributed by atoms with Crippen LogP contribution in [0.1, 0.15) is 0 Å². The fraction of sp³-hybridized carbons (Fsp3) is 0. The number of benzene rings is 6. The number of para-hydroxylation sites is 4. The van der Waals surface area contributed by atoms with Gasteiger partial charge in [0, 0.05) is 22.4 Å². The van der Waals surface area contributed by atoms with Gasteiger partial charge in [0.05, 0.1) is 0 Å². The van der Waals surface area contributed by atoms with Gasteiger partial charge in [-0.3, -0.25) is 0 Å². The minimum Gasteiger partial charge on any atom is -0.355 e. The van der Waals surface area contributed by atoms with Gasteiger partial charge >= 0.3 is 26.2 Å². The number of hydrogen-bond acceptors (Lipinski definition) is 0. The molecule has 0 amide bonds. The topological polar surface area (TPSA) is 9.86 Å². The zero-order chi connectivity index (χ0) is 29.0. The minimum atomic E-state index is 0. The molecule has 0 unspecified atom stereocenters. The van der Waals surface area contributed by atoms with Crippen LogP contribution in [0.3, 0.4) is 0 Å². The van der Waals surface area contributed by atoms with Crippen molar-refractivity contribution in [2.75, 3.05) is 0 Å². The molecular formula is C42H28N2Zr. The number of nitrogens with zero attached hydrogens (tertiary/aromatic N) is 2.